The summed E-state index contributed by atoms with van der Waals surface area (Å²) in [5, 5.41) is 3.47. The van der Waals surface area contributed by atoms with Crippen molar-refractivity contribution in [3.8, 4) is 0 Å². The van der Waals surface area contributed by atoms with Crippen LogP contribution in [0, 0.1) is 0 Å². The van der Waals surface area contributed by atoms with E-state index in [-0.39, 0.29) is 5.54 Å². The quantitative estimate of drug-likeness (QED) is 0.711. The van der Waals surface area contributed by atoms with Crippen LogP contribution in [0.15, 0.2) is 0 Å². The number of carbonyl (C=O) groups excluding carboxylic acids is 1. The smallest absolute Gasteiger partial charge is 0.224 e. The average molecular weight is 238 g/mol. The Balaban J connectivity index is 2.01. The van der Waals surface area contributed by atoms with E-state index in [1.54, 1.807) is 0 Å². The highest BCUT2D eigenvalue weighted by molar-refractivity contribution is 5.78. The van der Waals surface area contributed by atoms with E-state index >= 15 is 0 Å². The molecule has 1 aliphatic heterocycles. The molecule has 1 aliphatic carbocycles. The van der Waals surface area contributed by atoms with E-state index in [2.05, 4.69) is 24.1 Å². The number of hydrogen-bond acceptors (Lipinski definition) is 2. The van der Waals surface area contributed by atoms with E-state index in [1.165, 1.54) is 38.5 Å². The minimum Gasteiger partial charge on any atom is -0.338 e. The second kappa shape index (κ2) is 5.38. The first-order valence-electron chi connectivity index (χ1n) is 7.13. The molecule has 0 atom stereocenters. The Hall–Kier alpha value is -0.570. The highest BCUT2D eigenvalue weighted by Gasteiger charge is 2.32. The van der Waals surface area contributed by atoms with Gasteiger partial charge in [-0.2, -0.15) is 0 Å². The summed E-state index contributed by atoms with van der Waals surface area (Å²) in [5.74, 6) is 0.354. The number of nitrogens with zero attached hydrogens (tertiary/aromatic N) is 1. The molecular weight excluding hydrogens is 212 g/mol. The highest BCUT2D eigenvalue weighted by Crippen LogP contribution is 2.24. The Kier molecular flexibility index (Phi) is 4.08. The first-order valence-corrected chi connectivity index (χ1v) is 7.13. The molecule has 0 bridgehead atoms. The van der Waals surface area contributed by atoms with Crippen molar-refractivity contribution in [2.75, 3.05) is 13.1 Å². The Bertz CT molecular complexity index is 267. The number of amides is 1. The zero-order chi connectivity index (χ0) is 12.3. The van der Waals surface area contributed by atoms with Gasteiger partial charge in [-0.15, -0.1) is 0 Å². The second-order valence-corrected chi connectivity index (χ2v) is 6.22. The second-order valence-electron chi connectivity index (χ2n) is 6.22. The molecule has 2 fully saturated rings. The molecule has 0 unspecified atom stereocenters. The van der Waals surface area contributed by atoms with Crippen molar-refractivity contribution in [2.24, 2.45) is 0 Å². The van der Waals surface area contributed by atoms with Gasteiger partial charge in [0.2, 0.25) is 5.91 Å². The third-order valence-corrected chi connectivity index (χ3v) is 4.14. The van der Waals surface area contributed by atoms with Crippen LogP contribution < -0.4 is 5.32 Å². The number of rotatable bonds is 1. The monoisotopic (exact) mass is 238 g/mol. The third kappa shape index (κ3) is 3.44. The molecule has 2 rings (SSSR count). The van der Waals surface area contributed by atoms with Crippen LogP contribution in [0.2, 0.25) is 0 Å². The summed E-state index contributed by atoms with van der Waals surface area (Å²) in [7, 11) is 0. The van der Waals surface area contributed by atoms with Crippen molar-refractivity contribution < 1.29 is 4.79 Å². The van der Waals surface area contributed by atoms with E-state index in [4.69, 9.17) is 0 Å². The van der Waals surface area contributed by atoms with E-state index in [9.17, 15) is 4.79 Å². The highest BCUT2D eigenvalue weighted by atomic mass is 16.2. The van der Waals surface area contributed by atoms with Crippen molar-refractivity contribution in [1.82, 2.24) is 10.2 Å². The van der Waals surface area contributed by atoms with Crippen molar-refractivity contribution in [1.29, 1.82) is 0 Å². The van der Waals surface area contributed by atoms with Crippen LogP contribution in [0.25, 0.3) is 0 Å². The maximum Gasteiger partial charge on any atom is 0.224 e. The summed E-state index contributed by atoms with van der Waals surface area (Å²) in [4.78, 5) is 14.5. The van der Waals surface area contributed by atoms with Gasteiger partial charge in [0.15, 0.2) is 0 Å². The molecule has 0 spiro atoms. The molecule has 3 heteroatoms. The molecule has 0 aromatic heterocycles. The topological polar surface area (TPSA) is 32.3 Å². The number of carbonyl (C=O) groups is 1. The van der Waals surface area contributed by atoms with Gasteiger partial charge in [0, 0.05) is 31.1 Å². The molecule has 98 valence electrons. The first kappa shape index (κ1) is 12.9. The molecule has 1 N–H and O–H groups in total. The fourth-order valence-corrected chi connectivity index (χ4v) is 3.14. The van der Waals surface area contributed by atoms with Gasteiger partial charge in [0.1, 0.15) is 0 Å². The predicted molar refractivity (Wildman–Crippen MR) is 69.9 cm³/mol. The van der Waals surface area contributed by atoms with Crippen LogP contribution in [0.1, 0.15) is 58.8 Å². The molecule has 17 heavy (non-hydrogen) atoms. The molecule has 1 amide bonds. The Morgan fingerprint density at radius 1 is 1.18 bits per heavy atom. The van der Waals surface area contributed by atoms with Gasteiger partial charge >= 0.3 is 0 Å². The Morgan fingerprint density at radius 2 is 1.82 bits per heavy atom. The van der Waals surface area contributed by atoms with Gasteiger partial charge < -0.3 is 10.2 Å². The van der Waals surface area contributed by atoms with Gasteiger partial charge in [-0.1, -0.05) is 25.7 Å². The van der Waals surface area contributed by atoms with Crippen LogP contribution in [-0.2, 0) is 4.79 Å². The van der Waals surface area contributed by atoms with Gasteiger partial charge in [0.05, 0.1) is 0 Å². The van der Waals surface area contributed by atoms with Gasteiger partial charge in [-0.25, -0.2) is 0 Å². The Morgan fingerprint density at radius 3 is 2.47 bits per heavy atom. The molecule has 0 aromatic rings. The molecule has 1 heterocycles. The largest absolute Gasteiger partial charge is 0.338 e. The van der Waals surface area contributed by atoms with Crippen LogP contribution in [0.3, 0.4) is 0 Å². The van der Waals surface area contributed by atoms with Gasteiger partial charge in [-0.3, -0.25) is 4.79 Å². The van der Waals surface area contributed by atoms with E-state index in [0.29, 0.717) is 18.4 Å². The predicted octanol–water partition coefficient (Wildman–Crippen LogP) is 2.31. The molecule has 0 radical (unpaired) electrons. The zero-order valence-electron chi connectivity index (χ0n) is 11.3. The molecule has 1 saturated carbocycles. The van der Waals surface area contributed by atoms with Crippen LogP contribution in [-0.4, -0.2) is 35.5 Å². The van der Waals surface area contributed by atoms with Crippen molar-refractivity contribution in [3.05, 3.63) is 0 Å². The minimum absolute atomic E-state index is 0.0312. The van der Waals surface area contributed by atoms with Crippen LogP contribution >= 0.6 is 0 Å². The van der Waals surface area contributed by atoms with Crippen molar-refractivity contribution in [2.45, 2.75) is 70.4 Å². The fourth-order valence-electron chi connectivity index (χ4n) is 3.14. The summed E-state index contributed by atoms with van der Waals surface area (Å²) in [6, 6.07) is 0.515. The first-order chi connectivity index (χ1) is 8.08. The Labute approximate surface area is 105 Å². The lowest BCUT2D eigenvalue weighted by Gasteiger charge is -2.30. The van der Waals surface area contributed by atoms with Crippen molar-refractivity contribution >= 4 is 5.91 Å². The molecule has 1 saturated heterocycles. The van der Waals surface area contributed by atoms with Crippen LogP contribution in [0.4, 0.5) is 0 Å². The number of nitrogens with one attached hydrogen (secondary N) is 1. The minimum atomic E-state index is -0.0312. The summed E-state index contributed by atoms with van der Waals surface area (Å²) >= 11 is 0. The van der Waals surface area contributed by atoms with Gasteiger partial charge in [-0.05, 0) is 26.7 Å². The maximum absolute atomic E-state index is 12.3. The normalized spacial score (nSPS) is 27.6. The summed E-state index contributed by atoms with van der Waals surface area (Å²) in [6.45, 7) is 6.09. The fraction of sp³-hybridized carbons (Fsp3) is 0.929. The SMILES string of the molecule is CC1(C)CC(=O)N(C2CCCCCC2)CCN1. The lowest BCUT2D eigenvalue weighted by atomic mass is 9.99. The third-order valence-electron chi connectivity index (χ3n) is 4.14. The molecule has 2 aliphatic rings. The standard InChI is InChI=1S/C14H26N2O/c1-14(2)11-13(17)16(10-9-15-14)12-7-5-3-4-6-8-12/h12,15H,3-11H2,1-2H3. The maximum atomic E-state index is 12.3. The van der Waals surface area contributed by atoms with Gasteiger partial charge in [0.25, 0.3) is 0 Å². The van der Waals surface area contributed by atoms with E-state index in [1.807, 2.05) is 0 Å². The summed E-state index contributed by atoms with van der Waals surface area (Å²) in [6.07, 6.45) is 8.36. The van der Waals surface area contributed by atoms with Crippen LogP contribution in [0.5, 0.6) is 0 Å². The lowest BCUT2D eigenvalue weighted by molar-refractivity contribution is -0.133. The molecule has 3 nitrogen and oxygen atoms in total. The van der Waals surface area contributed by atoms with Crippen molar-refractivity contribution in [3.63, 3.8) is 0 Å². The molecule has 0 aromatic carbocycles. The summed E-state index contributed by atoms with van der Waals surface area (Å²) in [5.41, 5.74) is -0.0312. The number of hydrogen-bond donors (Lipinski definition) is 1. The molecular formula is C14H26N2O. The van der Waals surface area contributed by atoms with E-state index < -0.39 is 0 Å². The lowest BCUT2D eigenvalue weighted by Crippen LogP contribution is -2.41. The van der Waals surface area contributed by atoms with E-state index in [0.717, 1.165) is 13.1 Å². The average Bonchev–Trinajstić information content (AvgIpc) is 2.56. The summed E-state index contributed by atoms with van der Waals surface area (Å²) < 4.78 is 0. The zero-order valence-corrected chi connectivity index (χ0v) is 11.3.